The number of rotatable bonds is 0. The van der Waals surface area contributed by atoms with Gasteiger partial charge in [-0.3, -0.25) is 9.59 Å². The highest BCUT2D eigenvalue weighted by Gasteiger charge is 2.46. The van der Waals surface area contributed by atoms with Gasteiger partial charge in [0.25, 0.3) is 0 Å². The normalized spacial score (nSPS) is 31.5. The summed E-state index contributed by atoms with van der Waals surface area (Å²) in [4.78, 5) is 25.0. The Bertz CT molecular complexity index is 273. The Labute approximate surface area is 77.3 Å². The Morgan fingerprint density at radius 3 is 2.85 bits per heavy atom. The lowest BCUT2D eigenvalue weighted by Gasteiger charge is -2.39. The van der Waals surface area contributed by atoms with Crippen LogP contribution in [0.1, 0.15) is 26.7 Å². The standard InChI is InChI=1S/C9H14N2O2/c1-9(2)8(13)11-5-3-4-6(11)7(12)10-9/h6H,3-5H2,1-2H3,(H,10,12)/t6-/m0/s1. The van der Waals surface area contributed by atoms with Crippen molar-refractivity contribution in [2.75, 3.05) is 6.54 Å². The molecule has 2 heterocycles. The van der Waals surface area contributed by atoms with Crippen LogP contribution in [-0.4, -0.2) is 34.8 Å². The van der Waals surface area contributed by atoms with Crippen LogP contribution in [-0.2, 0) is 9.59 Å². The molecule has 0 aromatic heterocycles. The third-order valence-electron chi connectivity index (χ3n) is 2.79. The van der Waals surface area contributed by atoms with Crippen molar-refractivity contribution >= 4 is 11.8 Å². The van der Waals surface area contributed by atoms with Crippen molar-refractivity contribution in [2.24, 2.45) is 0 Å². The molecule has 2 fully saturated rings. The van der Waals surface area contributed by atoms with E-state index < -0.39 is 5.54 Å². The molecule has 0 aliphatic carbocycles. The molecule has 1 N–H and O–H groups in total. The molecule has 2 rings (SSSR count). The summed E-state index contributed by atoms with van der Waals surface area (Å²) in [5, 5.41) is 2.75. The average Bonchev–Trinajstić information content (AvgIpc) is 2.47. The van der Waals surface area contributed by atoms with Crippen LogP contribution < -0.4 is 5.32 Å². The summed E-state index contributed by atoms with van der Waals surface area (Å²) in [6.45, 7) is 4.24. The van der Waals surface area contributed by atoms with E-state index in [1.807, 2.05) is 0 Å². The Kier molecular flexibility index (Phi) is 1.62. The summed E-state index contributed by atoms with van der Waals surface area (Å²) in [6, 6.07) is -0.194. The van der Waals surface area contributed by atoms with Gasteiger partial charge in [-0.2, -0.15) is 0 Å². The van der Waals surface area contributed by atoms with Gasteiger partial charge in [0, 0.05) is 6.54 Å². The van der Waals surface area contributed by atoms with E-state index in [0.717, 1.165) is 19.4 Å². The molecule has 0 bridgehead atoms. The van der Waals surface area contributed by atoms with Gasteiger partial charge in [0.15, 0.2) is 0 Å². The van der Waals surface area contributed by atoms with E-state index in [1.165, 1.54) is 0 Å². The number of carbonyl (C=O) groups is 2. The maximum Gasteiger partial charge on any atom is 0.248 e. The van der Waals surface area contributed by atoms with Crippen molar-refractivity contribution in [2.45, 2.75) is 38.3 Å². The maximum atomic E-state index is 11.8. The van der Waals surface area contributed by atoms with Gasteiger partial charge in [0.1, 0.15) is 11.6 Å². The highest BCUT2D eigenvalue weighted by molar-refractivity contribution is 5.99. The van der Waals surface area contributed by atoms with E-state index in [2.05, 4.69) is 5.32 Å². The summed E-state index contributed by atoms with van der Waals surface area (Å²) in [7, 11) is 0. The van der Waals surface area contributed by atoms with Crippen LogP contribution in [0.25, 0.3) is 0 Å². The van der Waals surface area contributed by atoms with Gasteiger partial charge in [-0.25, -0.2) is 0 Å². The van der Waals surface area contributed by atoms with E-state index in [-0.39, 0.29) is 17.9 Å². The number of fused-ring (bicyclic) bond motifs is 1. The van der Waals surface area contributed by atoms with Crippen molar-refractivity contribution in [3.05, 3.63) is 0 Å². The second-order valence-electron chi connectivity index (χ2n) is 4.27. The molecule has 0 saturated carbocycles. The van der Waals surface area contributed by atoms with Crippen LogP contribution in [0.2, 0.25) is 0 Å². The second kappa shape index (κ2) is 2.47. The Balaban J connectivity index is 2.30. The number of hydrogen-bond acceptors (Lipinski definition) is 2. The van der Waals surface area contributed by atoms with E-state index in [9.17, 15) is 9.59 Å². The highest BCUT2D eigenvalue weighted by Crippen LogP contribution is 2.25. The molecule has 0 spiro atoms. The van der Waals surface area contributed by atoms with Crippen LogP contribution in [0, 0.1) is 0 Å². The van der Waals surface area contributed by atoms with Crippen molar-refractivity contribution in [3.8, 4) is 0 Å². The summed E-state index contributed by atoms with van der Waals surface area (Å²) < 4.78 is 0. The molecule has 0 aromatic carbocycles. The quantitative estimate of drug-likeness (QED) is 0.568. The molecule has 2 amide bonds. The Morgan fingerprint density at radius 1 is 1.46 bits per heavy atom. The van der Waals surface area contributed by atoms with Gasteiger partial charge < -0.3 is 10.2 Å². The summed E-state index contributed by atoms with van der Waals surface area (Å²) >= 11 is 0. The Morgan fingerprint density at radius 2 is 2.15 bits per heavy atom. The molecule has 1 atom stereocenters. The highest BCUT2D eigenvalue weighted by atomic mass is 16.2. The van der Waals surface area contributed by atoms with Crippen molar-refractivity contribution < 1.29 is 9.59 Å². The second-order valence-corrected chi connectivity index (χ2v) is 4.27. The van der Waals surface area contributed by atoms with Crippen LogP contribution >= 0.6 is 0 Å². The summed E-state index contributed by atoms with van der Waals surface area (Å²) in [5.74, 6) is 0.0525. The number of carbonyl (C=O) groups excluding carboxylic acids is 2. The number of nitrogens with zero attached hydrogens (tertiary/aromatic N) is 1. The molecule has 2 aliphatic heterocycles. The topological polar surface area (TPSA) is 49.4 Å². The lowest BCUT2D eigenvalue weighted by atomic mass is 9.98. The largest absolute Gasteiger partial charge is 0.340 e. The van der Waals surface area contributed by atoms with Crippen molar-refractivity contribution in [1.82, 2.24) is 10.2 Å². The first-order valence-corrected chi connectivity index (χ1v) is 4.65. The fourth-order valence-corrected chi connectivity index (χ4v) is 2.09. The third-order valence-corrected chi connectivity index (χ3v) is 2.79. The molecule has 2 saturated heterocycles. The van der Waals surface area contributed by atoms with Gasteiger partial charge in [-0.15, -0.1) is 0 Å². The van der Waals surface area contributed by atoms with Crippen LogP contribution in [0.5, 0.6) is 0 Å². The first-order valence-electron chi connectivity index (χ1n) is 4.65. The minimum atomic E-state index is -0.710. The monoisotopic (exact) mass is 182 g/mol. The number of amides is 2. The number of nitrogens with one attached hydrogen (secondary N) is 1. The lowest BCUT2D eigenvalue weighted by molar-refractivity contribution is -0.151. The predicted octanol–water partition coefficient (Wildman–Crippen LogP) is -0.114. The van der Waals surface area contributed by atoms with Gasteiger partial charge in [0.2, 0.25) is 11.8 Å². The molecule has 13 heavy (non-hydrogen) atoms. The summed E-state index contributed by atoms with van der Waals surface area (Å²) in [5.41, 5.74) is -0.710. The molecule has 0 radical (unpaired) electrons. The van der Waals surface area contributed by atoms with Gasteiger partial charge in [-0.1, -0.05) is 0 Å². The molecule has 2 aliphatic rings. The fraction of sp³-hybridized carbons (Fsp3) is 0.778. The first kappa shape index (κ1) is 8.53. The molecular formula is C9H14N2O2. The van der Waals surface area contributed by atoms with Crippen LogP contribution in [0.3, 0.4) is 0 Å². The zero-order chi connectivity index (χ0) is 9.64. The lowest BCUT2D eigenvalue weighted by Crippen LogP contribution is -2.66. The van der Waals surface area contributed by atoms with Crippen molar-refractivity contribution in [3.63, 3.8) is 0 Å². The van der Waals surface area contributed by atoms with E-state index >= 15 is 0 Å². The smallest absolute Gasteiger partial charge is 0.248 e. The number of hydrogen-bond donors (Lipinski definition) is 1. The fourth-order valence-electron chi connectivity index (χ4n) is 2.09. The average molecular weight is 182 g/mol. The van der Waals surface area contributed by atoms with E-state index in [1.54, 1.807) is 18.7 Å². The third kappa shape index (κ3) is 1.12. The van der Waals surface area contributed by atoms with Crippen LogP contribution in [0.4, 0.5) is 0 Å². The van der Waals surface area contributed by atoms with E-state index in [0.29, 0.717) is 0 Å². The minimum Gasteiger partial charge on any atom is -0.340 e. The van der Waals surface area contributed by atoms with Gasteiger partial charge in [0.05, 0.1) is 0 Å². The molecule has 72 valence electrons. The molecule has 0 unspecified atom stereocenters. The van der Waals surface area contributed by atoms with Crippen LogP contribution in [0.15, 0.2) is 0 Å². The Hall–Kier alpha value is -1.06. The van der Waals surface area contributed by atoms with E-state index in [4.69, 9.17) is 0 Å². The molecule has 4 nitrogen and oxygen atoms in total. The molecule has 0 aromatic rings. The van der Waals surface area contributed by atoms with Crippen molar-refractivity contribution in [1.29, 1.82) is 0 Å². The predicted molar refractivity (Wildman–Crippen MR) is 47.0 cm³/mol. The number of piperazine rings is 1. The van der Waals surface area contributed by atoms with Gasteiger partial charge >= 0.3 is 0 Å². The zero-order valence-electron chi connectivity index (χ0n) is 7.96. The molecule has 4 heteroatoms. The maximum absolute atomic E-state index is 11.8. The van der Waals surface area contributed by atoms with Gasteiger partial charge in [-0.05, 0) is 26.7 Å². The summed E-state index contributed by atoms with van der Waals surface area (Å²) in [6.07, 6.45) is 1.76. The zero-order valence-corrected chi connectivity index (χ0v) is 7.96. The molecular weight excluding hydrogens is 168 g/mol. The minimum absolute atomic E-state index is 0.00194. The SMILES string of the molecule is CC1(C)NC(=O)[C@@H]2CCCN2C1=O. The first-order chi connectivity index (χ1) is 6.02.